The minimum atomic E-state index is -3.70. The summed E-state index contributed by atoms with van der Waals surface area (Å²) in [6.45, 7) is 4.12. The van der Waals surface area contributed by atoms with E-state index in [0.29, 0.717) is 11.4 Å². The number of benzene rings is 2. The van der Waals surface area contributed by atoms with E-state index >= 15 is 0 Å². The molecule has 1 aliphatic rings. The van der Waals surface area contributed by atoms with Crippen molar-refractivity contribution < 1.29 is 8.42 Å². The van der Waals surface area contributed by atoms with Crippen molar-refractivity contribution in [3.05, 3.63) is 94.0 Å². The van der Waals surface area contributed by atoms with Crippen LogP contribution in [0.5, 0.6) is 0 Å². The van der Waals surface area contributed by atoms with Crippen molar-refractivity contribution >= 4 is 29.8 Å². The topological polar surface area (TPSA) is 49.7 Å². The van der Waals surface area contributed by atoms with Gasteiger partial charge >= 0.3 is 191 Å². The molecule has 0 heterocycles. The van der Waals surface area contributed by atoms with Gasteiger partial charge in [-0.2, -0.15) is 0 Å². The monoisotopic (exact) mass is 502 g/mol. The molecule has 0 fully saturated rings. The van der Waals surface area contributed by atoms with Gasteiger partial charge in [0.1, 0.15) is 0 Å². The fourth-order valence-corrected chi connectivity index (χ4v) is 9.26. The number of allylic oxidation sites excluding steroid dienone is 4. The summed E-state index contributed by atoms with van der Waals surface area (Å²) in [5.41, 5.74) is 3.44. The molecule has 0 amide bonds. The van der Waals surface area contributed by atoms with E-state index in [1.54, 1.807) is 12.1 Å². The van der Waals surface area contributed by atoms with E-state index in [4.69, 9.17) is 0 Å². The van der Waals surface area contributed by atoms with Crippen LogP contribution in [0.25, 0.3) is 6.08 Å². The van der Waals surface area contributed by atoms with Gasteiger partial charge in [0.25, 0.3) is 0 Å². The van der Waals surface area contributed by atoms with Crippen LogP contribution in [0.3, 0.4) is 0 Å². The molecule has 2 atom stereocenters. The Morgan fingerprint density at radius 3 is 2.42 bits per heavy atom. The summed E-state index contributed by atoms with van der Waals surface area (Å²) in [4.78, 5) is 2.44. The van der Waals surface area contributed by atoms with Crippen LogP contribution < -0.4 is 0 Å². The Hall–Kier alpha value is -2.11. The van der Waals surface area contributed by atoms with Crippen molar-refractivity contribution in [1.29, 1.82) is 0 Å². The molecule has 1 aliphatic carbocycles. The molecule has 2 unspecified atom stereocenters. The van der Waals surface area contributed by atoms with Gasteiger partial charge in [0.15, 0.2) is 0 Å². The van der Waals surface area contributed by atoms with Crippen molar-refractivity contribution in [3.63, 3.8) is 0 Å². The van der Waals surface area contributed by atoms with Crippen molar-refractivity contribution in [1.82, 2.24) is 4.90 Å². The molecule has 0 bridgehead atoms. The molecule has 3 rings (SSSR count). The molecular weight excluding hydrogens is 471 g/mol. The molecule has 2 aromatic carbocycles. The Kier molecular flexibility index (Phi) is 7.95. The van der Waals surface area contributed by atoms with Gasteiger partial charge in [0.2, 0.25) is 0 Å². The third-order valence-corrected chi connectivity index (χ3v) is 11.7. The Morgan fingerprint density at radius 2 is 1.77 bits per heavy atom. The first-order valence-electron chi connectivity index (χ1n) is 10.3. The number of hydrogen-bond acceptors (Lipinski definition) is 3. The summed E-state index contributed by atoms with van der Waals surface area (Å²) in [5, 5.41) is 0.645. The predicted molar refractivity (Wildman–Crippen MR) is 131 cm³/mol. The Morgan fingerprint density at radius 1 is 1.10 bits per heavy atom. The van der Waals surface area contributed by atoms with E-state index < -0.39 is 23.7 Å². The fourth-order valence-electron chi connectivity index (χ4n) is 3.19. The molecule has 31 heavy (non-hydrogen) atoms. The van der Waals surface area contributed by atoms with Gasteiger partial charge in [-0.15, -0.1) is 0 Å². The zero-order chi connectivity index (χ0) is 22.4. The fraction of sp³-hybridized carbons (Fsp3) is 0.280. The molecule has 0 radical (unpaired) electrons. The second-order valence-corrected chi connectivity index (χ2v) is 13.6. The van der Waals surface area contributed by atoms with Gasteiger partial charge < -0.3 is 0 Å². The van der Waals surface area contributed by atoms with Crippen molar-refractivity contribution in [2.75, 3.05) is 14.1 Å². The summed E-state index contributed by atoms with van der Waals surface area (Å²) >= 11 is -1.96. The molecule has 0 aliphatic heterocycles. The first kappa shape index (κ1) is 23.6. The molecule has 0 saturated carbocycles. The van der Waals surface area contributed by atoms with Crippen LogP contribution in [0.1, 0.15) is 24.5 Å². The summed E-state index contributed by atoms with van der Waals surface area (Å²) in [6.07, 6.45) is 9.32. The van der Waals surface area contributed by atoms with E-state index in [1.165, 1.54) is 5.57 Å². The van der Waals surface area contributed by atoms with Gasteiger partial charge in [-0.25, -0.2) is 0 Å². The van der Waals surface area contributed by atoms with Crippen LogP contribution in [-0.4, -0.2) is 47.2 Å². The first-order valence-corrected chi connectivity index (χ1v) is 14.6. The molecule has 6 heteroatoms. The van der Waals surface area contributed by atoms with Gasteiger partial charge in [-0.05, 0) is 0 Å². The Bertz CT molecular complexity index is 1130. The van der Waals surface area contributed by atoms with Crippen LogP contribution in [0.15, 0.2) is 91.1 Å². The normalized spacial score (nSPS) is 16.5. The summed E-state index contributed by atoms with van der Waals surface area (Å²) in [6, 6.07) is 17.3. The molecule has 0 saturated heterocycles. The van der Waals surface area contributed by atoms with Crippen molar-refractivity contribution in [3.8, 4) is 0 Å². The average molecular weight is 502 g/mol. The van der Waals surface area contributed by atoms with E-state index in [0.717, 1.165) is 22.0 Å². The van der Waals surface area contributed by atoms with E-state index in [9.17, 15) is 8.42 Å². The number of aryl methyl sites for hydroxylation is 1. The number of sulfonamides is 1. The summed E-state index contributed by atoms with van der Waals surface area (Å²) in [5.74, 6) is 0. The average Bonchev–Trinajstić information content (AvgIpc) is 3.23. The van der Waals surface area contributed by atoms with E-state index in [2.05, 4.69) is 47.5 Å². The standard InChI is InChI=1S/C25H30N2O2SSe/c1-20-12-15-24(16-13-20)30(28,29)26-31(18-8-11-22-9-6-5-7-10-22)25-17-14-23(19-25)21(2)27(3)4/h5-13,15-17,19,21H,14,18H2,1-4H3/b11-8+. The molecule has 0 aromatic heterocycles. The molecule has 2 aromatic rings. The minimum absolute atomic E-state index is 0.267. The first-order chi connectivity index (χ1) is 14.8. The third kappa shape index (κ3) is 6.44. The van der Waals surface area contributed by atoms with Crippen molar-refractivity contribution in [2.24, 2.45) is 3.37 Å². The van der Waals surface area contributed by atoms with Gasteiger partial charge in [-0.3, -0.25) is 0 Å². The number of nitrogens with zero attached hydrogens (tertiary/aromatic N) is 2. The van der Waals surface area contributed by atoms with Crippen LogP contribution >= 0.6 is 0 Å². The SMILES string of the molecule is Cc1ccc(S(=O)(=O)/N=[Se](\C/C=C/c2ccccc2)C2=CCC(C(C)N(C)C)=C2)cc1. The van der Waals surface area contributed by atoms with Crippen LogP contribution in [0, 0.1) is 6.92 Å². The third-order valence-electron chi connectivity index (χ3n) is 5.32. The molecule has 164 valence electrons. The van der Waals surface area contributed by atoms with Crippen LogP contribution in [0.4, 0.5) is 0 Å². The number of likely N-dealkylation sites (N-methyl/N-ethyl adjacent to an activating group) is 1. The van der Waals surface area contributed by atoms with E-state index in [1.807, 2.05) is 55.5 Å². The van der Waals surface area contributed by atoms with Gasteiger partial charge in [-0.1, -0.05) is 0 Å². The van der Waals surface area contributed by atoms with Crippen LogP contribution in [-0.2, 0) is 10.0 Å². The van der Waals surface area contributed by atoms with Gasteiger partial charge in [0.05, 0.1) is 0 Å². The number of hydrogen-bond donors (Lipinski definition) is 0. The van der Waals surface area contributed by atoms with Crippen LogP contribution in [0.2, 0.25) is 5.32 Å². The predicted octanol–water partition coefficient (Wildman–Crippen LogP) is 5.40. The molecule has 0 N–H and O–H groups in total. The zero-order valence-corrected chi connectivity index (χ0v) is 21.1. The van der Waals surface area contributed by atoms with E-state index in [-0.39, 0.29) is 4.90 Å². The summed E-state index contributed by atoms with van der Waals surface area (Å²) in [7, 11) is 0.427. The molecule has 4 nitrogen and oxygen atoms in total. The zero-order valence-electron chi connectivity index (χ0n) is 18.5. The maximum atomic E-state index is 13.1. The van der Waals surface area contributed by atoms with Crippen molar-refractivity contribution in [2.45, 2.75) is 36.5 Å². The Balaban J connectivity index is 1.93. The van der Waals surface area contributed by atoms with Gasteiger partial charge in [0, 0.05) is 0 Å². The Labute approximate surface area is 190 Å². The summed E-state index contributed by atoms with van der Waals surface area (Å²) < 4.78 is 31.7. The maximum absolute atomic E-state index is 13.1. The second-order valence-electron chi connectivity index (χ2n) is 7.88. The quantitative estimate of drug-likeness (QED) is 0.455. The number of rotatable bonds is 8. The second kappa shape index (κ2) is 10.5. The molecule has 0 spiro atoms. The molecular formula is C25H30N2O2SSe.